The zero-order chi connectivity index (χ0) is 32.7. The number of anilines is 1. The monoisotopic (exact) mass is 658 g/mol. The minimum absolute atomic E-state index is 0. The number of aliphatic hydroxyl groups excluding tert-OH is 1. The van der Waals surface area contributed by atoms with E-state index in [0.717, 1.165) is 22.4 Å². The van der Waals surface area contributed by atoms with E-state index in [1.54, 1.807) is 87.6 Å². The molecule has 1 fully saturated rings. The fourth-order valence-corrected chi connectivity index (χ4v) is 5.67. The van der Waals surface area contributed by atoms with Crippen LogP contribution < -0.4 is 20.7 Å². The molecule has 0 unspecified atom stereocenters. The van der Waals surface area contributed by atoms with Crippen LogP contribution in [0, 0.1) is 13.8 Å². The molecule has 4 rings (SSSR count). The summed E-state index contributed by atoms with van der Waals surface area (Å²) < 4.78 is 35.0. The predicted octanol–water partition coefficient (Wildman–Crippen LogP) is 4.65. The molecule has 3 amide bonds. The van der Waals surface area contributed by atoms with Crippen LogP contribution in [0.1, 0.15) is 36.1 Å². The maximum atomic E-state index is 14.6. The molecule has 12 heteroatoms. The molecule has 9 nitrogen and oxygen atoms in total. The van der Waals surface area contributed by atoms with Gasteiger partial charge < -0.3 is 30.7 Å². The molecule has 0 aliphatic carbocycles. The summed E-state index contributed by atoms with van der Waals surface area (Å²) in [4.78, 5) is 40.3. The molecule has 0 bridgehead atoms. The van der Waals surface area contributed by atoms with Crippen molar-refractivity contribution in [1.82, 2.24) is 15.5 Å². The number of aliphatic hydroxyl groups is 1. The minimum atomic E-state index is -3.34. The van der Waals surface area contributed by atoms with Crippen LogP contribution >= 0.6 is 11.6 Å². The Balaban J connectivity index is 0.00000576. The van der Waals surface area contributed by atoms with Gasteiger partial charge in [0.1, 0.15) is 11.8 Å². The van der Waals surface area contributed by atoms with Crippen molar-refractivity contribution < 1.29 is 33.0 Å². The molecule has 1 aliphatic heterocycles. The second-order valence-electron chi connectivity index (χ2n) is 11.2. The number of amides is 3. The number of carbonyl (C=O) groups is 3. The maximum absolute atomic E-state index is 14.6. The van der Waals surface area contributed by atoms with Gasteiger partial charge in [-0.3, -0.25) is 14.4 Å². The molecule has 0 radical (unpaired) electrons. The summed E-state index contributed by atoms with van der Waals surface area (Å²) in [6.45, 7) is 2.16. The number of ether oxygens (including phenoxy) is 1. The Hall–Kier alpha value is -4.22. The average molecular weight is 659 g/mol. The zero-order valence-corrected chi connectivity index (χ0v) is 26.0. The number of carbonyl (C=O) groups excluding carboxylic acids is 3. The van der Waals surface area contributed by atoms with Gasteiger partial charge in [-0.2, -0.15) is 0 Å². The fourth-order valence-electron chi connectivity index (χ4n) is 5.34. The van der Waals surface area contributed by atoms with Gasteiger partial charge in [-0.25, -0.2) is 8.78 Å². The molecule has 4 N–H and O–H groups in total. The first-order chi connectivity index (χ1) is 21.4. The molecule has 0 aromatic heterocycles. The highest BCUT2D eigenvalue weighted by atomic mass is 35.5. The van der Waals surface area contributed by atoms with E-state index in [1.165, 1.54) is 0 Å². The molecule has 3 aromatic rings. The van der Waals surface area contributed by atoms with Gasteiger partial charge in [-0.15, -0.1) is 0 Å². The van der Waals surface area contributed by atoms with Crippen molar-refractivity contribution in [2.75, 3.05) is 25.5 Å². The summed E-state index contributed by atoms with van der Waals surface area (Å²) in [6, 6.07) is 16.6. The van der Waals surface area contributed by atoms with Crippen LogP contribution in [-0.4, -0.2) is 72.0 Å². The van der Waals surface area contributed by atoms with E-state index in [9.17, 15) is 28.3 Å². The molecule has 3 atom stereocenters. The topological polar surface area (TPSA) is 120 Å². The normalized spacial score (nSPS) is 16.5. The van der Waals surface area contributed by atoms with Gasteiger partial charge in [0.15, 0.2) is 12.7 Å². The number of halogens is 3. The molecule has 248 valence electrons. The Labute approximate surface area is 273 Å². The standard InChI is InChI=1S/C33H37ClF2N4O5.CH4/c1-20-13-24(34)14-21(2)30(20)45-18-28(41)39-26(15-22-7-5-4-6-8-22)29(42)32(44)40-19-33(35,36)16-27(40)31(43)38-17-23-9-11-25(37-3)12-10-23;/h4-14,26-27,29,37,42H,15-19H2,1-3H3,(H,38,43)(H,39,41);1H4/t26-,27-,29-;/m0./s1. The fraction of sp³-hybridized carbons (Fsp3) is 0.382. The van der Waals surface area contributed by atoms with Crippen molar-refractivity contribution in [3.63, 3.8) is 0 Å². The number of benzene rings is 3. The Kier molecular flexibility index (Phi) is 12.5. The summed E-state index contributed by atoms with van der Waals surface area (Å²) in [6.07, 6.45) is -2.80. The smallest absolute Gasteiger partial charge is 0.267 e. The van der Waals surface area contributed by atoms with Crippen LogP contribution in [0.2, 0.25) is 5.02 Å². The Morgan fingerprint density at radius 1 is 1.04 bits per heavy atom. The first kappa shape index (κ1) is 36.3. The van der Waals surface area contributed by atoms with Crippen molar-refractivity contribution in [2.45, 2.75) is 64.8 Å². The van der Waals surface area contributed by atoms with E-state index in [1.807, 2.05) is 0 Å². The van der Waals surface area contributed by atoms with Gasteiger partial charge in [0.2, 0.25) is 5.91 Å². The lowest BCUT2D eigenvalue weighted by Gasteiger charge is -2.30. The van der Waals surface area contributed by atoms with Crippen molar-refractivity contribution in [1.29, 1.82) is 0 Å². The van der Waals surface area contributed by atoms with Crippen LogP contribution in [0.5, 0.6) is 5.75 Å². The van der Waals surface area contributed by atoms with Crippen LogP contribution in [-0.2, 0) is 27.3 Å². The Bertz CT molecular complexity index is 1480. The second-order valence-corrected chi connectivity index (χ2v) is 11.6. The van der Waals surface area contributed by atoms with E-state index < -0.39 is 61.4 Å². The number of aryl methyl sites for hydroxylation is 2. The Morgan fingerprint density at radius 2 is 1.67 bits per heavy atom. The highest BCUT2D eigenvalue weighted by Crippen LogP contribution is 2.33. The lowest BCUT2D eigenvalue weighted by molar-refractivity contribution is -0.147. The number of hydrogen-bond acceptors (Lipinski definition) is 6. The lowest BCUT2D eigenvalue weighted by atomic mass is 9.99. The molecular weight excluding hydrogens is 618 g/mol. The first-order valence-corrected chi connectivity index (χ1v) is 14.9. The first-order valence-electron chi connectivity index (χ1n) is 14.5. The van der Waals surface area contributed by atoms with Crippen LogP contribution in [0.25, 0.3) is 0 Å². The van der Waals surface area contributed by atoms with Crippen molar-refractivity contribution >= 4 is 35.0 Å². The summed E-state index contributed by atoms with van der Waals surface area (Å²) in [5.41, 5.74) is 3.73. The van der Waals surface area contributed by atoms with E-state index in [2.05, 4.69) is 16.0 Å². The lowest BCUT2D eigenvalue weighted by Crippen LogP contribution is -2.56. The van der Waals surface area contributed by atoms with Crippen molar-refractivity contribution in [3.05, 3.63) is 94.0 Å². The third-order valence-corrected chi connectivity index (χ3v) is 7.83. The van der Waals surface area contributed by atoms with Gasteiger partial charge in [-0.1, -0.05) is 61.5 Å². The molecule has 1 heterocycles. The van der Waals surface area contributed by atoms with E-state index in [-0.39, 0.29) is 20.4 Å². The highest BCUT2D eigenvalue weighted by molar-refractivity contribution is 6.30. The summed E-state index contributed by atoms with van der Waals surface area (Å²) in [5, 5.41) is 20.0. The van der Waals surface area contributed by atoms with Crippen LogP contribution in [0.4, 0.5) is 14.5 Å². The zero-order valence-electron chi connectivity index (χ0n) is 25.3. The number of nitrogens with one attached hydrogen (secondary N) is 3. The predicted molar refractivity (Wildman–Crippen MR) is 174 cm³/mol. The number of rotatable bonds is 12. The van der Waals surface area contributed by atoms with E-state index in [0.29, 0.717) is 21.2 Å². The number of nitrogens with zero attached hydrogens (tertiary/aromatic N) is 1. The quantitative estimate of drug-likeness (QED) is 0.225. The van der Waals surface area contributed by atoms with E-state index >= 15 is 0 Å². The largest absolute Gasteiger partial charge is 0.483 e. The maximum Gasteiger partial charge on any atom is 0.267 e. The Morgan fingerprint density at radius 3 is 2.28 bits per heavy atom. The van der Waals surface area contributed by atoms with Gasteiger partial charge in [0.05, 0.1) is 12.6 Å². The summed E-state index contributed by atoms with van der Waals surface area (Å²) in [7, 11) is 1.77. The van der Waals surface area contributed by atoms with E-state index in [4.69, 9.17) is 16.3 Å². The molecule has 3 aromatic carbocycles. The number of hydrogen-bond donors (Lipinski definition) is 4. The summed E-state index contributed by atoms with van der Waals surface area (Å²) in [5.74, 6) is -5.36. The molecule has 1 saturated heterocycles. The average Bonchev–Trinajstić information content (AvgIpc) is 3.34. The van der Waals surface area contributed by atoms with Gasteiger partial charge in [0, 0.05) is 30.7 Å². The molecule has 0 spiro atoms. The molecule has 1 aliphatic rings. The van der Waals surface area contributed by atoms with Crippen molar-refractivity contribution in [3.8, 4) is 5.75 Å². The number of likely N-dealkylation sites (tertiary alicyclic amines) is 1. The molecule has 46 heavy (non-hydrogen) atoms. The highest BCUT2D eigenvalue weighted by Gasteiger charge is 2.51. The SMILES string of the molecule is C.CNc1ccc(CNC(=O)[C@@H]2CC(F)(F)CN2C(=O)[C@@H](O)[C@H](Cc2ccccc2)NC(=O)COc2c(C)cc(Cl)cc2C)cc1. The summed E-state index contributed by atoms with van der Waals surface area (Å²) >= 11 is 6.08. The third-order valence-electron chi connectivity index (χ3n) is 7.62. The molecular formula is C34H41ClF2N4O5. The second kappa shape index (κ2) is 15.9. The van der Waals surface area contributed by atoms with Crippen molar-refractivity contribution in [2.24, 2.45) is 0 Å². The molecule has 0 saturated carbocycles. The van der Waals surface area contributed by atoms with Gasteiger partial charge >= 0.3 is 0 Å². The van der Waals surface area contributed by atoms with Gasteiger partial charge in [-0.05, 0) is 66.8 Å². The van der Waals surface area contributed by atoms with Gasteiger partial charge in [0.25, 0.3) is 17.7 Å². The number of alkyl halides is 2. The minimum Gasteiger partial charge on any atom is -0.483 e. The van der Waals surface area contributed by atoms with Crippen LogP contribution in [0.3, 0.4) is 0 Å². The third kappa shape index (κ3) is 9.40. The van der Waals surface area contributed by atoms with Crippen LogP contribution in [0.15, 0.2) is 66.7 Å².